The molecule has 10 heteroatoms. The Labute approximate surface area is 212 Å². The van der Waals surface area contributed by atoms with Gasteiger partial charge in [-0.1, -0.05) is 60.2 Å². The number of carbonyl (C=O) groups excluding carboxylic acids is 1. The number of carboxylic acid groups (broad SMARTS) is 1. The summed E-state index contributed by atoms with van der Waals surface area (Å²) in [5.41, 5.74) is 2.39. The summed E-state index contributed by atoms with van der Waals surface area (Å²) in [7, 11) is -3.95. The van der Waals surface area contributed by atoms with E-state index in [2.05, 4.69) is 10.0 Å². The average Bonchev–Trinajstić information content (AvgIpc) is 3.23. The standard InChI is InChI=1S/C26H22ClFN2O5S/c27-22-12-10-20-19(11-13-23(20)30-36(34,35)18-8-6-17(28)7-9-18)21(22)15-25(31)29-24(26(32)33)14-16-4-2-1-3-5-16/h1-13,23-24,30H,14-15H2,(H,29,31)(H,32,33)/t23?,24-/m1/s1. The van der Waals surface area contributed by atoms with E-state index < -0.39 is 39.8 Å². The van der Waals surface area contributed by atoms with E-state index in [0.29, 0.717) is 21.7 Å². The molecule has 3 aromatic rings. The van der Waals surface area contributed by atoms with Crippen molar-refractivity contribution in [3.05, 3.63) is 106 Å². The zero-order chi connectivity index (χ0) is 25.9. The summed E-state index contributed by atoms with van der Waals surface area (Å²) < 4.78 is 41.3. The highest BCUT2D eigenvalue weighted by molar-refractivity contribution is 7.89. The quantitative estimate of drug-likeness (QED) is 0.390. The van der Waals surface area contributed by atoms with Crippen LogP contribution in [0.1, 0.15) is 28.3 Å². The summed E-state index contributed by atoms with van der Waals surface area (Å²) in [6.45, 7) is 0. The van der Waals surface area contributed by atoms with Crippen molar-refractivity contribution in [3.63, 3.8) is 0 Å². The van der Waals surface area contributed by atoms with Gasteiger partial charge in [0.05, 0.1) is 17.4 Å². The molecule has 1 aliphatic rings. The molecule has 2 atom stereocenters. The Balaban J connectivity index is 1.51. The average molecular weight is 529 g/mol. The molecule has 0 heterocycles. The highest BCUT2D eigenvalue weighted by atomic mass is 35.5. The lowest BCUT2D eigenvalue weighted by molar-refractivity contribution is -0.141. The van der Waals surface area contributed by atoms with Crippen LogP contribution in [-0.4, -0.2) is 31.4 Å². The van der Waals surface area contributed by atoms with E-state index in [1.807, 2.05) is 6.07 Å². The molecule has 0 spiro atoms. The van der Waals surface area contributed by atoms with Gasteiger partial charge in [-0.2, -0.15) is 4.72 Å². The molecule has 36 heavy (non-hydrogen) atoms. The number of fused-ring (bicyclic) bond motifs is 1. The van der Waals surface area contributed by atoms with Crippen LogP contribution in [0.2, 0.25) is 5.02 Å². The number of rotatable bonds is 9. The minimum atomic E-state index is -3.95. The highest BCUT2D eigenvalue weighted by Gasteiger charge is 2.28. The lowest BCUT2D eigenvalue weighted by atomic mass is 9.98. The number of nitrogens with one attached hydrogen (secondary N) is 2. The minimum absolute atomic E-state index is 0.0857. The fraction of sp³-hybridized carbons (Fsp3) is 0.154. The zero-order valence-electron chi connectivity index (χ0n) is 18.8. The second-order valence-electron chi connectivity index (χ2n) is 8.27. The summed E-state index contributed by atoms with van der Waals surface area (Å²) in [4.78, 5) is 24.4. The molecule has 0 aromatic heterocycles. The van der Waals surface area contributed by atoms with Gasteiger partial charge >= 0.3 is 5.97 Å². The SMILES string of the molecule is O=C(Cc1c(Cl)ccc2c1C=CC2NS(=O)(=O)c1ccc(F)cc1)N[C@H](Cc1ccccc1)C(=O)O. The first-order valence-electron chi connectivity index (χ1n) is 11.0. The summed E-state index contributed by atoms with van der Waals surface area (Å²) in [5, 5.41) is 12.4. The topological polar surface area (TPSA) is 113 Å². The minimum Gasteiger partial charge on any atom is -0.480 e. The summed E-state index contributed by atoms with van der Waals surface area (Å²) >= 11 is 6.37. The van der Waals surface area contributed by atoms with Crippen molar-refractivity contribution in [2.75, 3.05) is 0 Å². The summed E-state index contributed by atoms with van der Waals surface area (Å²) in [6, 6.07) is 14.8. The third-order valence-electron chi connectivity index (χ3n) is 5.78. The van der Waals surface area contributed by atoms with Gasteiger partial charge < -0.3 is 10.4 Å². The molecule has 3 aromatic carbocycles. The third-order valence-corrected chi connectivity index (χ3v) is 7.59. The van der Waals surface area contributed by atoms with Crippen LogP contribution in [0, 0.1) is 5.82 Å². The molecule has 1 aliphatic carbocycles. The number of sulfonamides is 1. The molecule has 0 fully saturated rings. The number of aliphatic carboxylic acids is 1. The summed E-state index contributed by atoms with van der Waals surface area (Å²) in [6.07, 6.45) is 3.22. The Morgan fingerprint density at radius 3 is 2.39 bits per heavy atom. The lowest BCUT2D eigenvalue weighted by Crippen LogP contribution is -2.43. The Morgan fingerprint density at radius 1 is 1.03 bits per heavy atom. The van der Waals surface area contributed by atoms with E-state index in [1.54, 1.807) is 48.6 Å². The molecule has 0 saturated carbocycles. The van der Waals surface area contributed by atoms with Gasteiger partial charge in [0.25, 0.3) is 0 Å². The highest BCUT2D eigenvalue weighted by Crippen LogP contribution is 2.35. The molecule has 3 N–H and O–H groups in total. The van der Waals surface area contributed by atoms with Crippen LogP contribution in [0.5, 0.6) is 0 Å². The monoisotopic (exact) mass is 528 g/mol. The van der Waals surface area contributed by atoms with Crippen LogP contribution in [0.4, 0.5) is 4.39 Å². The molecule has 0 radical (unpaired) electrons. The number of benzene rings is 3. The molecular formula is C26H22ClFN2O5S. The van der Waals surface area contributed by atoms with Gasteiger partial charge in [-0.05, 0) is 52.6 Å². The molecule has 1 amide bonds. The van der Waals surface area contributed by atoms with Crippen molar-refractivity contribution >= 4 is 39.6 Å². The van der Waals surface area contributed by atoms with E-state index in [4.69, 9.17) is 11.6 Å². The smallest absolute Gasteiger partial charge is 0.326 e. The molecule has 0 aliphatic heterocycles. The summed E-state index contributed by atoms with van der Waals surface area (Å²) in [5.74, 6) is -2.24. The Morgan fingerprint density at radius 2 is 1.72 bits per heavy atom. The van der Waals surface area contributed by atoms with E-state index >= 15 is 0 Å². The Hall–Kier alpha value is -3.53. The molecule has 4 rings (SSSR count). The van der Waals surface area contributed by atoms with Crippen molar-refractivity contribution in [2.45, 2.75) is 29.8 Å². The van der Waals surface area contributed by atoms with Crippen LogP contribution in [0.15, 0.2) is 77.7 Å². The Bertz CT molecular complexity index is 1430. The molecule has 0 saturated heterocycles. The third kappa shape index (κ3) is 5.81. The largest absolute Gasteiger partial charge is 0.480 e. The fourth-order valence-corrected chi connectivity index (χ4v) is 5.41. The van der Waals surface area contributed by atoms with Crippen molar-refractivity contribution in [1.29, 1.82) is 0 Å². The number of carboxylic acids is 1. The maximum atomic E-state index is 13.2. The molecule has 0 bridgehead atoms. The van der Waals surface area contributed by atoms with Crippen molar-refractivity contribution in [2.24, 2.45) is 0 Å². The maximum absolute atomic E-state index is 13.2. The zero-order valence-corrected chi connectivity index (χ0v) is 20.4. The number of hydrogen-bond acceptors (Lipinski definition) is 4. The first-order valence-corrected chi connectivity index (χ1v) is 12.8. The predicted octanol–water partition coefficient (Wildman–Crippen LogP) is 3.88. The second kappa shape index (κ2) is 10.6. The molecular weight excluding hydrogens is 507 g/mol. The van der Waals surface area contributed by atoms with E-state index in [0.717, 1.165) is 17.7 Å². The van der Waals surface area contributed by atoms with Crippen molar-refractivity contribution in [3.8, 4) is 0 Å². The van der Waals surface area contributed by atoms with Gasteiger partial charge in [0.15, 0.2) is 0 Å². The van der Waals surface area contributed by atoms with Gasteiger partial charge in [-0.3, -0.25) is 4.79 Å². The van der Waals surface area contributed by atoms with Gasteiger partial charge in [-0.25, -0.2) is 17.6 Å². The van der Waals surface area contributed by atoms with Crippen molar-refractivity contribution < 1.29 is 27.5 Å². The van der Waals surface area contributed by atoms with Crippen molar-refractivity contribution in [1.82, 2.24) is 10.0 Å². The number of hydrogen-bond donors (Lipinski definition) is 3. The van der Waals surface area contributed by atoms with E-state index in [1.165, 1.54) is 12.1 Å². The first-order chi connectivity index (χ1) is 17.1. The second-order valence-corrected chi connectivity index (χ2v) is 10.4. The van der Waals surface area contributed by atoms with E-state index in [9.17, 15) is 27.5 Å². The lowest BCUT2D eigenvalue weighted by Gasteiger charge is -2.18. The molecule has 7 nitrogen and oxygen atoms in total. The van der Waals surface area contributed by atoms with Gasteiger partial charge in [0, 0.05) is 11.4 Å². The normalized spacial score (nSPS) is 15.3. The van der Waals surface area contributed by atoms with Crippen LogP contribution < -0.4 is 10.0 Å². The number of carbonyl (C=O) groups is 2. The number of halogens is 2. The predicted molar refractivity (Wildman–Crippen MR) is 133 cm³/mol. The molecule has 1 unspecified atom stereocenters. The van der Waals surface area contributed by atoms with Crippen LogP contribution in [-0.2, 0) is 32.5 Å². The van der Waals surface area contributed by atoms with E-state index in [-0.39, 0.29) is 17.7 Å². The van der Waals surface area contributed by atoms with Crippen LogP contribution in [0.3, 0.4) is 0 Å². The number of amides is 1. The van der Waals surface area contributed by atoms with Gasteiger partial charge in [0.2, 0.25) is 15.9 Å². The van der Waals surface area contributed by atoms with Crippen LogP contribution in [0.25, 0.3) is 6.08 Å². The fourth-order valence-electron chi connectivity index (χ4n) is 4.01. The Kier molecular flexibility index (Phi) is 7.53. The van der Waals surface area contributed by atoms with Crippen LogP contribution >= 0.6 is 11.6 Å². The first kappa shape index (κ1) is 25.6. The van der Waals surface area contributed by atoms with Gasteiger partial charge in [-0.15, -0.1) is 0 Å². The maximum Gasteiger partial charge on any atom is 0.326 e. The van der Waals surface area contributed by atoms with Gasteiger partial charge in [0.1, 0.15) is 11.9 Å². The molecule has 186 valence electrons.